The molecule has 0 aliphatic rings. The summed E-state index contributed by atoms with van der Waals surface area (Å²) in [6, 6.07) is 12.1. The number of rotatable bonds is 12. The lowest BCUT2D eigenvalue weighted by atomic mass is 9.90. The molecule has 8 heteroatoms. The molecule has 0 fully saturated rings. The third-order valence-corrected chi connectivity index (χ3v) is 7.09. The third kappa shape index (κ3) is 10.1. The summed E-state index contributed by atoms with van der Waals surface area (Å²) in [7, 11) is 0. The summed E-state index contributed by atoms with van der Waals surface area (Å²) in [6.45, 7) is 17.1. The number of phenols is 1. The van der Waals surface area contributed by atoms with E-state index in [0.29, 0.717) is 12.0 Å². The number of carbonyl (C=O) groups is 3. The second-order valence-corrected chi connectivity index (χ2v) is 12.5. The van der Waals surface area contributed by atoms with Gasteiger partial charge in [0.1, 0.15) is 23.4 Å². The van der Waals surface area contributed by atoms with Crippen LogP contribution in [0.2, 0.25) is 0 Å². The molecule has 0 saturated heterocycles. The van der Waals surface area contributed by atoms with Crippen molar-refractivity contribution in [3.05, 3.63) is 65.2 Å². The fourth-order valence-corrected chi connectivity index (χ4v) is 4.72. The Morgan fingerprint density at radius 3 is 2.15 bits per heavy atom. The van der Waals surface area contributed by atoms with Crippen molar-refractivity contribution in [1.29, 1.82) is 0 Å². The molecule has 3 atom stereocenters. The third-order valence-electron chi connectivity index (χ3n) is 7.09. The van der Waals surface area contributed by atoms with Crippen LogP contribution in [0.3, 0.4) is 0 Å². The van der Waals surface area contributed by atoms with Crippen LogP contribution in [0.4, 0.5) is 4.79 Å². The number of hydrogen-bond donors (Lipinski definition) is 3. The second-order valence-electron chi connectivity index (χ2n) is 12.5. The van der Waals surface area contributed by atoms with E-state index in [4.69, 9.17) is 4.74 Å². The molecule has 41 heavy (non-hydrogen) atoms. The summed E-state index contributed by atoms with van der Waals surface area (Å²) in [5.74, 6) is -0.574. The van der Waals surface area contributed by atoms with Gasteiger partial charge in [-0.2, -0.15) is 0 Å². The smallest absolute Gasteiger partial charge is 0.408 e. The van der Waals surface area contributed by atoms with Gasteiger partial charge >= 0.3 is 6.09 Å². The highest BCUT2D eigenvalue weighted by Crippen LogP contribution is 2.33. The van der Waals surface area contributed by atoms with Crippen LogP contribution in [0.15, 0.2) is 48.5 Å². The van der Waals surface area contributed by atoms with Gasteiger partial charge in [-0.1, -0.05) is 62.2 Å². The molecule has 0 saturated carbocycles. The quantitative estimate of drug-likeness (QED) is 0.283. The molecule has 3 N–H and O–H groups in total. The van der Waals surface area contributed by atoms with Crippen molar-refractivity contribution in [1.82, 2.24) is 15.5 Å². The maximum absolute atomic E-state index is 14.7. The van der Waals surface area contributed by atoms with Gasteiger partial charge in [0.05, 0.1) is 0 Å². The van der Waals surface area contributed by atoms with Crippen molar-refractivity contribution in [2.45, 2.75) is 117 Å². The van der Waals surface area contributed by atoms with Crippen LogP contribution in [0.5, 0.6) is 5.75 Å². The van der Waals surface area contributed by atoms with Crippen molar-refractivity contribution in [3.63, 3.8) is 0 Å². The lowest BCUT2D eigenvalue weighted by Crippen LogP contribution is -2.60. The Hall–Kier alpha value is -3.55. The Bertz CT molecular complexity index is 1170. The van der Waals surface area contributed by atoms with Crippen molar-refractivity contribution in [2.75, 3.05) is 0 Å². The van der Waals surface area contributed by atoms with Crippen molar-refractivity contribution in [2.24, 2.45) is 0 Å². The molecule has 2 aromatic carbocycles. The van der Waals surface area contributed by atoms with Crippen LogP contribution >= 0.6 is 0 Å². The van der Waals surface area contributed by atoms with Crippen LogP contribution in [0.25, 0.3) is 0 Å². The fourth-order valence-electron chi connectivity index (χ4n) is 4.72. The SMILES string of the molecule is CCCC(C)NC(=O)C(c1cccc(C)c1)N(C(=O)C(Cc1ccc(O)cc1)NC(=O)OC(C)(C)C)C(C)(C)CC. The van der Waals surface area contributed by atoms with Gasteiger partial charge in [0.15, 0.2) is 0 Å². The number of carbonyl (C=O) groups excluding carboxylic acids is 3. The van der Waals surface area contributed by atoms with Gasteiger partial charge in [-0.3, -0.25) is 9.59 Å². The van der Waals surface area contributed by atoms with Crippen LogP contribution in [-0.2, 0) is 20.7 Å². The minimum absolute atomic E-state index is 0.0748. The molecule has 2 rings (SSSR count). The number of aromatic hydroxyl groups is 1. The van der Waals surface area contributed by atoms with Gasteiger partial charge in [0.25, 0.3) is 0 Å². The van der Waals surface area contributed by atoms with Gasteiger partial charge in [-0.15, -0.1) is 0 Å². The zero-order valence-corrected chi connectivity index (χ0v) is 26.2. The zero-order chi connectivity index (χ0) is 31.0. The van der Waals surface area contributed by atoms with Crippen LogP contribution in [-0.4, -0.2) is 51.1 Å². The van der Waals surface area contributed by atoms with E-state index >= 15 is 0 Å². The number of benzene rings is 2. The number of phenolic OH excluding ortho intramolecular Hbond substituents is 1. The number of aryl methyl sites for hydroxylation is 1. The molecule has 0 aromatic heterocycles. The Labute approximate surface area is 245 Å². The summed E-state index contributed by atoms with van der Waals surface area (Å²) in [4.78, 5) is 43.3. The highest BCUT2D eigenvalue weighted by molar-refractivity contribution is 5.93. The maximum atomic E-state index is 14.7. The molecule has 0 heterocycles. The minimum atomic E-state index is -1.03. The molecule has 0 spiro atoms. The number of amides is 3. The molecule has 3 amide bonds. The van der Waals surface area contributed by atoms with Crippen molar-refractivity contribution in [3.8, 4) is 5.75 Å². The summed E-state index contributed by atoms with van der Waals surface area (Å²) < 4.78 is 5.51. The number of hydrogen-bond acceptors (Lipinski definition) is 5. The average molecular weight is 568 g/mol. The van der Waals surface area contributed by atoms with Gasteiger partial charge in [-0.25, -0.2) is 4.79 Å². The zero-order valence-electron chi connectivity index (χ0n) is 26.2. The van der Waals surface area contributed by atoms with Crippen LogP contribution in [0.1, 0.15) is 97.4 Å². The molecule has 0 aliphatic heterocycles. The number of nitrogens with one attached hydrogen (secondary N) is 2. The average Bonchev–Trinajstić information content (AvgIpc) is 2.86. The Morgan fingerprint density at radius 1 is 0.976 bits per heavy atom. The predicted molar refractivity (Wildman–Crippen MR) is 163 cm³/mol. The van der Waals surface area contributed by atoms with Crippen molar-refractivity contribution >= 4 is 17.9 Å². The van der Waals surface area contributed by atoms with E-state index in [-0.39, 0.29) is 24.1 Å². The van der Waals surface area contributed by atoms with Gasteiger partial charge in [0.2, 0.25) is 11.8 Å². The Balaban J connectivity index is 2.66. The maximum Gasteiger partial charge on any atom is 0.408 e. The molecular formula is C33H49N3O5. The first kappa shape index (κ1) is 33.7. The lowest BCUT2D eigenvalue weighted by molar-refractivity contribution is -0.149. The Kier molecular flexibility index (Phi) is 11.8. The van der Waals surface area contributed by atoms with E-state index in [9.17, 15) is 19.5 Å². The summed E-state index contributed by atoms with van der Waals surface area (Å²) in [5, 5.41) is 15.7. The first-order chi connectivity index (χ1) is 19.1. The number of ether oxygens (including phenoxy) is 1. The molecule has 3 unspecified atom stereocenters. The summed E-state index contributed by atoms with van der Waals surface area (Å²) >= 11 is 0. The molecular weight excluding hydrogens is 518 g/mol. The molecule has 0 bridgehead atoms. The topological polar surface area (TPSA) is 108 Å². The van der Waals surface area contributed by atoms with Crippen LogP contribution in [0, 0.1) is 6.92 Å². The monoisotopic (exact) mass is 567 g/mol. The fraction of sp³-hybridized carbons (Fsp3) is 0.545. The number of nitrogens with zero attached hydrogens (tertiary/aromatic N) is 1. The van der Waals surface area contributed by atoms with E-state index in [1.165, 1.54) is 12.1 Å². The van der Waals surface area contributed by atoms with E-state index in [0.717, 1.165) is 24.0 Å². The molecule has 0 aliphatic carbocycles. The van der Waals surface area contributed by atoms with E-state index < -0.39 is 35.2 Å². The normalized spacial score (nSPS) is 14.0. The first-order valence-corrected chi connectivity index (χ1v) is 14.6. The Morgan fingerprint density at radius 2 is 1.61 bits per heavy atom. The van der Waals surface area contributed by atoms with Crippen molar-refractivity contribution < 1.29 is 24.2 Å². The summed E-state index contributed by atoms with van der Waals surface area (Å²) in [6.07, 6.45) is 1.70. The summed E-state index contributed by atoms with van der Waals surface area (Å²) in [5.41, 5.74) is 0.884. The van der Waals surface area contributed by atoms with E-state index in [1.54, 1.807) is 37.8 Å². The van der Waals surface area contributed by atoms with Gasteiger partial charge in [0, 0.05) is 18.0 Å². The standard InChI is InChI=1S/C33H49N3O5/c1-10-13-23(4)34-29(38)28(25-15-12-14-22(3)20-25)36(33(8,9)11-2)30(39)27(35-31(40)41-32(5,6)7)21-24-16-18-26(37)19-17-24/h12,14-20,23,27-28,37H,10-11,13,21H2,1-9H3,(H,34,38)(H,35,40). The van der Waals surface area contributed by atoms with Gasteiger partial charge in [-0.05, 0) is 84.6 Å². The van der Waals surface area contributed by atoms with E-state index in [1.807, 2.05) is 58.9 Å². The molecule has 226 valence electrons. The molecule has 0 radical (unpaired) electrons. The molecule has 8 nitrogen and oxygen atoms in total. The second kappa shape index (κ2) is 14.4. The van der Waals surface area contributed by atoms with Gasteiger partial charge < -0.3 is 25.4 Å². The number of alkyl carbamates (subject to hydrolysis) is 1. The lowest BCUT2D eigenvalue weighted by Gasteiger charge is -2.45. The van der Waals surface area contributed by atoms with Crippen LogP contribution < -0.4 is 10.6 Å². The van der Waals surface area contributed by atoms with E-state index in [2.05, 4.69) is 17.6 Å². The molecule has 2 aromatic rings. The minimum Gasteiger partial charge on any atom is -0.508 e. The highest BCUT2D eigenvalue weighted by Gasteiger charge is 2.43. The highest BCUT2D eigenvalue weighted by atomic mass is 16.6. The predicted octanol–water partition coefficient (Wildman–Crippen LogP) is 6.20. The first-order valence-electron chi connectivity index (χ1n) is 14.6. The largest absolute Gasteiger partial charge is 0.508 e.